The lowest BCUT2D eigenvalue weighted by atomic mass is 10.0. The zero-order valence-corrected chi connectivity index (χ0v) is 26.4. The Kier molecular flexibility index (Phi) is 14.9. The lowest BCUT2D eigenvalue weighted by molar-refractivity contribution is 0.102. The zero-order valence-electron chi connectivity index (χ0n) is 25.6. The summed E-state index contributed by atoms with van der Waals surface area (Å²) in [5, 5.41) is 18.7. The number of phenolic OH excluding ortho intramolecular Hbond substituents is 1. The Hall–Kier alpha value is -4.06. The summed E-state index contributed by atoms with van der Waals surface area (Å²) in [4.78, 5) is 18.0. The van der Waals surface area contributed by atoms with Crippen LogP contribution in [-0.4, -0.2) is 37.2 Å². The Morgan fingerprint density at radius 2 is 1.16 bits per heavy atom. The van der Waals surface area contributed by atoms with Crippen LogP contribution in [0.25, 0.3) is 10.8 Å². The molecule has 10 nitrogen and oxygen atoms in total. The van der Waals surface area contributed by atoms with Gasteiger partial charge in [0.05, 0.1) is 5.56 Å². The van der Waals surface area contributed by atoms with Crippen LogP contribution in [0.2, 0.25) is 0 Å². The predicted molar refractivity (Wildman–Crippen MR) is 198 cm³/mol. The van der Waals surface area contributed by atoms with Gasteiger partial charge in [-0.25, -0.2) is 0 Å². The molecule has 0 bridgehead atoms. The quantitative estimate of drug-likeness (QED) is 0.108. The molecule has 0 aromatic heterocycles. The Morgan fingerprint density at radius 3 is 1.73 bits per heavy atom. The molecule has 2 aliphatic heterocycles. The lowest BCUT2D eigenvalue weighted by Gasteiger charge is -2.33. The van der Waals surface area contributed by atoms with Crippen molar-refractivity contribution in [2.24, 2.45) is 0 Å². The minimum atomic E-state index is -0.334. The molecular formula is C33H57ClN8O2. The van der Waals surface area contributed by atoms with Crippen LogP contribution in [0.4, 0.5) is 28.4 Å². The summed E-state index contributed by atoms with van der Waals surface area (Å²) < 4.78 is 0. The number of phenols is 1. The SMILES string of the molecule is Cl.N.N.N.N.O=C(Nc1ccc(Nc2cc(N3CCCCC3)cc(N3CCCCC3)c2)cc1)c1ccc2ccccc2c1O.[HH].[HH].[HH].[HH]. The van der Waals surface area contributed by atoms with Gasteiger partial charge in [0.2, 0.25) is 0 Å². The van der Waals surface area contributed by atoms with Gasteiger partial charge >= 0.3 is 0 Å². The molecule has 0 radical (unpaired) electrons. The van der Waals surface area contributed by atoms with Crippen molar-refractivity contribution >= 4 is 57.5 Å². The molecule has 2 aliphatic rings. The van der Waals surface area contributed by atoms with Gasteiger partial charge in [-0.15, -0.1) is 12.4 Å². The van der Waals surface area contributed by atoms with E-state index in [1.165, 1.54) is 49.9 Å². The Bertz CT molecular complexity index is 1460. The van der Waals surface area contributed by atoms with Crippen LogP contribution in [0.15, 0.2) is 78.9 Å². The summed E-state index contributed by atoms with van der Waals surface area (Å²) in [5.41, 5.74) is 5.56. The third-order valence-corrected chi connectivity index (χ3v) is 7.92. The van der Waals surface area contributed by atoms with Crippen LogP contribution in [0.5, 0.6) is 5.75 Å². The smallest absolute Gasteiger partial charge is 0.259 e. The van der Waals surface area contributed by atoms with Crippen molar-refractivity contribution in [1.82, 2.24) is 24.6 Å². The van der Waals surface area contributed by atoms with Crippen molar-refractivity contribution in [3.8, 4) is 5.75 Å². The van der Waals surface area contributed by atoms with E-state index in [1.807, 2.05) is 54.6 Å². The molecule has 0 unspecified atom stereocenters. The fourth-order valence-corrected chi connectivity index (χ4v) is 5.78. The molecule has 0 spiro atoms. The number of fused-ring (bicyclic) bond motifs is 1. The highest BCUT2D eigenvalue weighted by atomic mass is 35.5. The number of nitrogens with one attached hydrogen (secondary N) is 2. The Balaban J connectivity index is -0.00000108. The van der Waals surface area contributed by atoms with Gasteiger partial charge < -0.3 is 50.1 Å². The highest BCUT2D eigenvalue weighted by Crippen LogP contribution is 2.33. The highest BCUT2D eigenvalue weighted by Gasteiger charge is 2.17. The topological polar surface area (TPSA) is 208 Å². The van der Waals surface area contributed by atoms with Crippen molar-refractivity contribution in [3.05, 3.63) is 84.4 Å². The van der Waals surface area contributed by atoms with Crippen LogP contribution in [-0.2, 0) is 0 Å². The number of aromatic hydroxyl groups is 1. The fourth-order valence-electron chi connectivity index (χ4n) is 5.78. The van der Waals surface area contributed by atoms with Gasteiger partial charge in [-0.2, -0.15) is 0 Å². The normalized spacial score (nSPS) is 14.0. The van der Waals surface area contributed by atoms with Crippen LogP contribution in [0.3, 0.4) is 0 Å². The highest BCUT2D eigenvalue weighted by molar-refractivity contribution is 6.09. The van der Waals surface area contributed by atoms with Gasteiger partial charge in [0.15, 0.2) is 0 Å². The molecule has 4 aromatic rings. The third kappa shape index (κ3) is 8.52. The average molecular weight is 633 g/mol. The standard InChI is InChI=1S/C33H36N4O2.ClH.4H3N.4H2/c38-32-30-10-4-3-9-24(30)11-16-31(32)33(39)35-26-14-12-25(13-15-26)34-27-21-28(36-17-5-1-6-18-36)23-29(22-27)37-19-7-2-8-20-37;;;;;;;;;/h3-4,9-16,21-23,34,38H,1-2,5-8,17-20H2,(H,35,39);1H;4*1H3;4*1H. The van der Waals surface area contributed by atoms with Crippen molar-refractivity contribution in [3.63, 3.8) is 0 Å². The van der Waals surface area contributed by atoms with E-state index >= 15 is 0 Å². The number of benzene rings is 4. The van der Waals surface area contributed by atoms with E-state index in [0.29, 0.717) is 11.1 Å². The number of anilines is 5. The zero-order chi connectivity index (χ0) is 26.6. The molecule has 0 saturated carbocycles. The molecule has 2 fully saturated rings. The maximum atomic E-state index is 12.9. The Labute approximate surface area is 272 Å². The largest absolute Gasteiger partial charge is 0.506 e. The molecular weight excluding hydrogens is 576 g/mol. The van der Waals surface area contributed by atoms with E-state index < -0.39 is 0 Å². The van der Waals surface area contributed by atoms with E-state index in [9.17, 15) is 9.90 Å². The maximum absolute atomic E-state index is 12.9. The summed E-state index contributed by atoms with van der Waals surface area (Å²) >= 11 is 0. The minimum Gasteiger partial charge on any atom is -0.506 e. The van der Waals surface area contributed by atoms with Crippen molar-refractivity contribution in [2.75, 3.05) is 46.6 Å². The van der Waals surface area contributed by atoms with Crippen LogP contribution in [0, 0.1) is 0 Å². The van der Waals surface area contributed by atoms with Crippen LogP contribution >= 0.6 is 12.4 Å². The first-order valence-corrected chi connectivity index (χ1v) is 14.2. The summed E-state index contributed by atoms with van der Waals surface area (Å²) in [6, 6.07) is 25.6. The molecule has 11 heteroatoms. The monoisotopic (exact) mass is 632 g/mol. The van der Waals surface area contributed by atoms with Gasteiger partial charge in [0.25, 0.3) is 5.91 Å². The first-order valence-electron chi connectivity index (χ1n) is 14.2. The molecule has 6 rings (SSSR count). The van der Waals surface area contributed by atoms with E-state index in [2.05, 4.69) is 38.6 Å². The molecule has 2 heterocycles. The molecule has 1 amide bonds. The second kappa shape index (κ2) is 17.3. The Morgan fingerprint density at radius 1 is 0.636 bits per heavy atom. The molecule has 4 aromatic carbocycles. The van der Waals surface area contributed by atoms with E-state index in [4.69, 9.17) is 0 Å². The van der Waals surface area contributed by atoms with Crippen molar-refractivity contribution in [2.45, 2.75) is 38.5 Å². The fraction of sp³-hybridized carbons (Fsp3) is 0.303. The number of amides is 1. The van der Waals surface area contributed by atoms with Crippen LogP contribution < -0.4 is 45.0 Å². The maximum Gasteiger partial charge on any atom is 0.259 e. The molecule has 0 atom stereocenters. The summed E-state index contributed by atoms with van der Waals surface area (Å²) in [6.45, 7) is 4.46. The second-order valence-corrected chi connectivity index (χ2v) is 10.7. The van der Waals surface area contributed by atoms with E-state index in [-0.39, 0.29) is 59.9 Å². The van der Waals surface area contributed by atoms with Gasteiger partial charge in [-0.1, -0.05) is 30.3 Å². The van der Waals surface area contributed by atoms with Crippen molar-refractivity contribution < 1.29 is 15.6 Å². The summed E-state index contributed by atoms with van der Waals surface area (Å²) in [7, 11) is 0. The molecule has 0 aliphatic carbocycles. The number of carbonyl (C=O) groups is 1. The van der Waals surface area contributed by atoms with Gasteiger partial charge in [0, 0.05) is 65.7 Å². The average Bonchev–Trinajstić information content (AvgIpc) is 2.99. The number of nitrogens with zero attached hydrogens (tertiary/aromatic N) is 2. The van der Waals surface area contributed by atoms with Gasteiger partial charge in [-0.3, -0.25) is 4.79 Å². The molecule has 15 N–H and O–H groups in total. The summed E-state index contributed by atoms with van der Waals surface area (Å²) in [5.74, 6) is -0.332. The number of hydrogen-bond donors (Lipinski definition) is 7. The van der Waals surface area contributed by atoms with Crippen LogP contribution in [0.1, 0.15) is 54.6 Å². The van der Waals surface area contributed by atoms with E-state index in [0.717, 1.165) is 42.9 Å². The lowest BCUT2D eigenvalue weighted by Crippen LogP contribution is -2.31. The van der Waals surface area contributed by atoms with Gasteiger partial charge in [0.1, 0.15) is 5.75 Å². The van der Waals surface area contributed by atoms with Crippen molar-refractivity contribution in [1.29, 1.82) is 0 Å². The first kappa shape index (κ1) is 38.0. The summed E-state index contributed by atoms with van der Waals surface area (Å²) in [6.07, 6.45) is 7.64. The number of piperidine rings is 2. The minimum absolute atomic E-state index is 0. The first-order chi connectivity index (χ1) is 19.1. The number of rotatable bonds is 6. The molecule has 248 valence electrons. The number of halogens is 1. The predicted octanol–water partition coefficient (Wildman–Crippen LogP) is 9.58. The molecule has 2 saturated heterocycles. The number of carbonyl (C=O) groups excluding carboxylic acids is 1. The second-order valence-electron chi connectivity index (χ2n) is 10.7. The van der Waals surface area contributed by atoms with Gasteiger partial charge in [-0.05, 0) is 92.4 Å². The van der Waals surface area contributed by atoms with E-state index in [1.54, 1.807) is 6.07 Å². The third-order valence-electron chi connectivity index (χ3n) is 7.92. The molecule has 44 heavy (non-hydrogen) atoms. The number of hydrogen-bond acceptors (Lipinski definition) is 9.